The molecular weight excluding hydrogens is 389 g/mol. The first kappa shape index (κ1) is 19.8. The summed E-state index contributed by atoms with van der Waals surface area (Å²) >= 11 is 1.79. The van der Waals surface area contributed by atoms with Gasteiger partial charge in [-0.25, -0.2) is 9.18 Å². The molecule has 2 aliphatic rings. The second-order valence-corrected chi connectivity index (χ2v) is 8.95. The van der Waals surface area contributed by atoms with Crippen LogP contribution in [0, 0.1) is 12.7 Å². The zero-order valence-corrected chi connectivity index (χ0v) is 17.2. The molecule has 0 bridgehead atoms. The van der Waals surface area contributed by atoms with Gasteiger partial charge in [0.15, 0.2) is 0 Å². The smallest absolute Gasteiger partial charge is 0.321 e. The number of hydrogen-bond donors (Lipinski definition) is 1. The van der Waals surface area contributed by atoms with Gasteiger partial charge in [0, 0.05) is 36.6 Å². The highest BCUT2D eigenvalue weighted by Crippen LogP contribution is 2.44. The second kappa shape index (κ2) is 8.06. The number of benzene rings is 2. The average molecular weight is 414 g/mol. The molecule has 1 N–H and O–H groups in total. The number of nitrogens with zero attached hydrogens (tertiary/aromatic N) is 2. The minimum Gasteiger partial charge on any atom is -0.324 e. The molecular formula is C22H24FN3O2S. The zero-order chi connectivity index (χ0) is 20.4. The lowest BCUT2D eigenvalue weighted by Crippen LogP contribution is -2.54. The standard InChI is InChI=1S/C22H24FN3O2S/c1-16-4-2-3-5-19(16)24-21(28)25-12-10-22(11-13-25)26(14-15-29-22)20(27)17-6-8-18(23)9-7-17/h2-9H,10-15H2,1H3,(H,24,28). The Balaban J connectivity index is 1.42. The van der Waals surface area contributed by atoms with Crippen molar-refractivity contribution in [3.63, 3.8) is 0 Å². The first-order chi connectivity index (χ1) is 14.0. The Kier molecular flexibility index (Phi) is 5.50. The molecule has 0 aromatic heterocycles. The summed E-state index contributed by atoms with van der Waals surface area (Å²) in [7, 11) is 0. The molecule has 29 heavy (non-hydrogen) atoms. The fourth-order valence-corrected chi connectivity index (χ4v) is 5.48. The van der Waals surface area contributed by atoms with Crippen molar-refractivity contribution in [3.8, 4) is 0 Å². The van der Waals surface area contributed by atoms with Crippen molar-refractivity contribution >= 4 is 29.4 Å². The van der Waals surface area contributed by atoms with E-state index in [1.807, 2.05) is 41.0 Å². The highest BCUT2D eigenvalue weighted by Gasteiger charge is 2.47. The van der Waals surface area contributed by atoms with Crippen LogP contribution in [0.5, 0.6) is 0 Å². The highest BCUT2D eigenvalue weighted by atomic mass is 32.2. The monoisotopic (exact) mass is 413 g/mol. The molecule has 7 heteroatoms. The lowest BCUT2D eigenvalue weighted by Gasteiger charge is -2.44. The largest absolute Gasteiger partial charge is 0.324 e. The number of aryl methyl sites for hydroxylation is 1. The Morgan fingerprint density at radius 1 is 1.03 bits per heavy atom. The number of thioether (sulfide) groups is 1. The van der Waals surface area contributed by atoms with Gasteiger partial charge in [0.05, 0.1) is 4.87 Å². The van der Waals surface area contributed by atoms with Gasteiger partial charge in [-0.05, 0) is 55.7 Å². The molecule has 2 aromatic carbocycles. The van der Waals surface area contributed by atoms with Crippen LogP contribution in [0.4, 0.5) is 14.9 Å². The molecule has 0 saturated carbocycles. The summed E-state index contributed by atoms with van der Waals surface area (Å²) in [6.45, 7) is 3.83. The van der Waals surface area contributed by atoms with E-state index in [1.54, 1.807) is 23.9 Å². The van der Waals surface area contributed by atoms with Gasteiger partial charge in [0.2, 0.25) is 0 Å². The van der Waals surface area contributed by atoms with Gasteiger partial charge in [-0.3, -0.25) is 4.79 Å². The number of para-hydroxylation sites is 1. The van der Waals surface area contributed by atoms with Crippen LogP contribution in [0.1, 0.15) is 28.8 Å². The number of likely N-dealkylation sites (tertiary alicyclic amines) is 1. The van der Waals surface area contributed by atoms with Crippen LogP contribution in [0.2, 0.25) is 0 Å². The number of hydrogen-bond acceptors (Lipinski definition) is 3. The third-order valence-corrected chi connectivity index (χ3v) is 7.29. The molecule has 0 atom stereocenters. The van der Waals surface area contributed by atoms with E-state index in [0.29, 0.717) is 25.2 Å². The Bertz CT molecular complexity index is 911. The molecule has 0 radical (unpaired) electrons. The predicted octanol–water partition coefficient (Wildman–Crippen LogP) is 4.35. The van der Waals surface area contributed by atoms with Gasteiger partial charge in [-0.15, -0.1) is 11.8 Å². The molecule has 5 nitrogen and oxygen atoms in total. The molecule has 2 aromatic rings. The Hall–Kier alpha value is -2.54. The van der Waals surface area contributed by atoms with E-state index in [1.165, 1.54) is 12.1 Å². The highest BCUT2D eigenvalue weighted by molar-refractivity contribution is 8.00. The first-order valence-electron chi connectivity index (χ1n) is 9.82. The van der Waals surface area contributed by atoms with E-state index in [-0.39, 0.29) is 22.6 Å². The van der Waals surface area contributed by atoms with Crippen molar-refractivity contribution < 1.29 is 14.0 Å². The van der Waals surface area contributed by atoms with Crippen LogP contribution in [-0.2, 0) is 0 Å². The van der Waals surface area contributed by atoms with Gasteiger partial charge in [-0.2, -0.15) is 0 Å². The quantitative estimate of drug-likeness (QED) is 0.797. The van der Waals surface area contributed by atoms with Gasteiger partial charge >= 0.3 is 6.03 Å². The van der Waals surface area contributed by atoms with Gasteiger partial charge in [-0.1, -0.05) is 18.2 Å². The van der Waals surface area contributed by atoms with Crippen molar-refractivity contribution in [1.82, 2.24) is 9.80 Å². The number of carbonyl (C=O) groups is 2. The van der Waals surface area contributed by atoms with Crippen LogP contribution in [0.25, 0.3) is 0 Å². The maximum Gasteiger partial charge on any atom is 0.321 e. The minimum absolute atomic E-state index is 0.0622. The van der Waals surface area contributed by atoms with Crippen LogP contribution in [0.3, 0.4) is 0 Å². The number of amides is 3. The number of anilines is 1. The second-order valence-electron chi connectivity index (χ2n) is 7.49. The SMILES string of the molecule is Cc1ccccc1NC(=O)N1CCC2(CC1)SCCN2C(=O)c1ccc(F)cc1. The molecule has 152 valence electrons. The summed E-state index contributed by atoms with van der Waals surface area (Å²) in [6, 6.07) is 13.3. The summed E-state index contributed by atoms with van der Waals surface area (Å²) in [5.41, 5.74) is 2.35. The minimum atomic E-state index is -0.347. The molecule has 4 rings (SSSR count). The van der Waals surface area contributed by atoms with Crippen molar-refractivity contribution in [1.29, 1.82) is 0 Å². The summed E-state index contributed by atoms with van der Waals surface area (Å²) in [4.78, 5) is 29.2. The molecule has 2 fully saturated rings. The molecule has 2 aliphatic heterocycles. The summed E-state index contributed by atoms with van der Waals surface area (Å²) in [5, 5.41) is 2.99. The Morgan fingerprint density at radius 3 is 2.41 bits per heavy atom. The van der Waals surface area contributed by atoms with Crippen LogP contribution < -0.4 is 5.32 Å². The third-order valence-electron chi connectivity index (χ3n) is 5.73. The van der Waals surface area contributed by atoms with E-state index in [0.717, 1.165) is 29.8 Å². The van der Waals surface area contributed by atoms with Gasteiger partial charge in [0.25, 0.3) is 5.91 Å². The molecule has 0 aliphatic carbocycles. The maximum absolute atomic E-state index is 13.2. The van der Waals surface area contributed by atoms with Crippen LogP contribution in [0.15, 0.2) is 48.5 Å². The van der Waals surface area contributed by atoms with Crippen LogP contribution in [-0.4, -0.2) is 52.0 Å². The Labute approximate surface area is 174 Å². The number of halogens is 1. The van der Waals surface area contributed by atoms with Crippen molar-refractivity contribution in [2.75, 3.05) is 30.7 Å². The zero-order valence-electron chi connectivity index (χ0n) is 16.4. The lowest BCUT2D eigenvalue weighted by molar-refractivity contribution is 0.0585. The van der Waals surface area contributed by atoms with Crippen molar-refractivity contribution in [3.05, 3.63) is 65.5 Å². The number of carbonyl (C=O) groups excluding carboxylic acids is 2. The molecule has 2 heterocycles. The number of nitrogens with one attached hydrogen (secondary N) is 1. The molecule has 1 spiro atoms. The van der Waals surface area contributed by atoms with Gasteiger partial charge < -0.3 is 15.1 Å². The van der Waals surface area contributed by atoms with E-state index in [4.69, 9.17) is 0 Å². The van der Waals surface area contributed by atoms with E-state index >= 15 is 0 Å². The maximum atomic E-state index is 13.2. The van der Waals surface area contributed by atoms with Gasteiger partial charge in [0.1, 0.15) is 5.82 Å². The summed E-state index contributed by atoms with van der Waals surface area (Å²) in [6.07, 6.45) is 1.46. The van der Waals surface area contributed by atoms with Crippen molar-refractivity contribution in [2.45, 2.75) is 24.6 Å². The fraction of sp³-hybridized carbons (Fsp3) is 0.364. The molecule has 3 amide bonds. The van der Waals surface area contributed by atoms with Crippen LogP contribution >= 0.6 is 11.8 Å². The number of rotatable bonds is 2. The first-order valence-corrected chi connectivity index (χ1v) is 10.8. The van der Waals surface area contributed by atoms with E-state index in [9.17, 15) is 14.0 Å². The topological polar surface area (TPSA) is 52.7 Å². The fourth-order valence-electron chi connectivity index (χ4n) is 4.02. The van der Waals surface area contributed by atoms with E-state index in [2.05, 4.69) is 5.32 Å². The Morgan fingerprint density at radius 2 is 1.72 bits per heavy atom. The molecule has 0 unspecified atom stereocenters. The average Bonchev–Trinajstić information content (AvgIpc) is 3.13. The number of urea groups is 1. The predicted molar refractivity (Wildman–Crippen MR) is 114 cm³/mol. The summed E-state index contributed by atoms with van der Waals surface area (Å²) < 4.78 is 13.2. The normalized spacial score (nSPS) is 18.1. The van der Waals surface area contributed by atoms with E-state index < -0.39 is 0 Å². The summed E-state index contributed by atoms with van der Waals surface area (Å²) in [5.74, 6) is 0.468. The lowest BCUT2D eigenvalue weighted by atomic mass is 10.0. The number of piperidine rings is 1. The van der Waals surface area contributed by atoms with Crippen molar-refractivity contribution in [2.24, 2.45) is 0 Å². The third kappa shape index (κ3) is 3.96. The molecule has 2 saturated heterocycles.